The quantitative estimate of drug-likeness (QED) is 0.760. The van der Waals surface area contributed by atoms with Crippen molar-refractivity contribution in [2.75, 3.05) is 7.05 Å². The van der Waals surface area contributed by atoms with E-state index in [0.717, 1.165) is 0 Å². The van der Waals surface area contributed by atoms with Gasteiger partial charge in [0.2, 0.25) is 0 Å². The van der Waals surface area contributed by atoms with Gasteiger partial charge in [-0.2, -0.15) is 0 Å². The number of hydrogen-bond acceptors (Lipinski definition) is 1. The molecule has 0 saturated heterocycles. The minimum Gasteiger partial charge on any atom is -0.293 e. The minimum atomic E-state index is 0.413. The molecule has 1 unspecified atom stereocenters. The molecule has 2 aromatic carbocycles. The molecule has 0 aliphatic heterocycles. The van der Waals surface area contributed by atoms with Crippen LogP contribution in [0.25, 0.3) is 0 Å². The molecule has 0 aliphatic carbocycles. The van der Waals surface area contributed by atoms with Gasteiger partial charge in [-0.15, -0.1) is 0 Å². The van der Waals surface area contributed by atoms with Gasteiger partial charge < -0.3 is 0 Å². The summed E-state index contributed by atoms with van der Waals surface area (Å²) in [6, 6.07) is 20.3. The van der Waals surface area contributed by atoms with E-state index in [0.29, 0.717) is 12.1 Å². The molecule has 0 N–H and O–H groups in total. The second kappa shape index (κ2) is 6.03. The Hall–Kier alpha value is -1.60. The van der Waals surface area contributed by atoms with Crippen LogP contribution in [0.2, 0.25) is 0 Å². The first-order chi connectivity index (χ1) is 9.09. The van der Waals surface area contributed by atoms with Crippen molar-refractivity contribution in [2.24, 2.45) is 0 Å². The molecule has 2 rings (SSSR count). The lowest BCUT2D eigenvalue weighted by atomic mass is 10.0. The van der Waals surface area contributed by atoms with Crippen molar-refractivity contribution in [1.82, 2.24) is 4.90 Å². The van der Waals surface area contributed by atoms with Crippen LogP contribution in [0.4, 0.5) is 0 Å². The van der Waals surface area contributed by atoms with Crippen molar-refractivity contribution < 1.29 is 0 Å². The molecule has 0 spiro atoms. The fraction of sp³-hybridized carbons (Fsp3) is 0.333. The van der Waals surface area contributed by atoms with Crippen molar-refractivity contribution in [2.45, 2.75) is 32.9 Å². The molecule has 2 aromatic rings. The average Bonchev–Trinajstić information content (AvgIpc) is 2.46. The fourth-order valence-electron chi connectivity index (χ4n) is 2.38. The Labute approximate surface area is 116 Å². The Bertz CT molecular complexity index is 501. The van der Waals surface area contributed by atoms with Gasteiger partial charge in [0.25, 0.3) is 0 Å². The summed E-state index contributed by atoms with van der Waals surface area (Å²) >= 11 is 0. The van der Waals surface area contributed by atoms with Gasteiger partial charge in [0.1, 0.15) is 0 Å². The van der Waals surface area contributed by atoms with Crippen molar-refractivity contribution in [1.29, 1.82) is 0 Å². The van der Waals surface area contributed by atoms with Crippen LogP contribution in [0.3, 0.4) is 0 Å². The molecule has 0 radical (unpaired) electrons. The lowest BCUT2D eigenvalue weighted by Crippen LogP contribution is -2.25. The Balaban J connectivity index is 2.15. The summed E-state index contributed by atoms with van der Waals surface area (Å²) in [4.78, 5) is 2.42. The Kier molecular flexibility index (Phi) is 4.39. The number of hydrogen-bond donors (Lipinski definition) is 0. The molecule has 0 amide bonds. The number of benzene rings is 2. The third-order valence-electron chi connectivity index (χ3n) is 4.06. The topological polar surface area (TPSA) is 3.24 Å². The first-order valence-electron chi connectivity index (χ1n) is 6.93. The summed E-state index contributed by atoms with van der Waals surface area (Å²) in [6.07, 6.45) is 0. The summed E-state index contributed by atoms with van der Waals surface area (Å²) in [5.74, 6) is 0. The van der Waals surface area contributed by atoms with E-state index in [1.807, 2.05) is 0 Å². The first-order valence-corrected chi connectivity index (χ1v) is 6.93. The van der Waals surface area contributed by atoms with Crippen LogP contribution >= 0.6 is 0 Å². The zero-order valence-electron chi connectivity index (χ0n) is 12.3. The molecule has 1 heteroatoms. The average molecular weight is 253 g/mol. The SMILES string of the molecule is Cc1ccc([C@H](C)N(C)C(C)c2ccccc2)cc1. The molecule has 19 heavy (non-hydrogen) atoms. The zero-order chi connectivity index (χ0) is 13.8. The van der Waals surface area contributed by atoms with Crippen LogP contribution in [0, 0.1) is 6.92 Å². The molecule has 1 nitrogen and oxygen atoms in total. The summed E-state index contributed by atoms with van der Waals surface area (Å²) in [5, 5.41) is 0. The highest BCUT2D eigenvalue weighted by Crippen LogP contribution is 2.28. The Morgan fingerprint density at radius 3 is 1.74 bits per heavy atom. The third kappa shape index (κ3) is 3.24. The second-order valence-corrected chi connectivity index (χ2v) is 5.34. The molecular weight excluding hydrogens is 230 g/mol. The van der Waals surface area contributed by atoms with E-state index < -0.39 is 0 Å². The monoisotopic (exact) mass is 253 g/mol. The maximum atomic E-state index is 2.42. The van der Waals surface area contributed by atoms with E-state index in [1.54, 1.807) is 0 Å². The van der Waals surface area contributed by atoms with Crippen LogP contribution < -0.4 is 0 Å². The molecule has 0 bridgehead atoms. The van der Waals surface area contributed by atoms with Crippen LogP contribution in [0.1, 0.15) is 42.6 Å². The van der Waals surface area contributed by atoms with Gasteiger partial charge in [0.15, 0.2) is 0 Å². The molecule has 0 heterocycles. The van der Waals surface area contributed by atoms with E-state index >= 15 is 0 Å². The lowest BCUT2D eigenvalue weighted by Gasteiger charge is -2.31. The highest BCUT2D eigenvalue weighted by Gasteiger charge is 2.18. The molecule has 100 valence electrons. The van der Waals surface area contributed by atoms with Crippen molar-refractivity contribution in [3.05, 3.63) is 71.3 Å². The number of nitrogens with zero attached hydrogens (tertiary/aromatic N) is 1. The standard InChI is InChI=1S/C18H23N/c1-14-10-12-18(13-11-14)16(3)19(4)15(2)17-8-6-5-7-9-17/h5-13,15-16H,1-4H3/t15?,16-/m0/s1. The molecule has 0 saturated carbocycles. The first kappa shape index (κ1) is 13.8. The number of rotatable bonds is 4. The van der Waals surface area contributed by atoms with E-state index in [9.17, 15) is 0 Å². The predicted octanol–water partition coefficient (Wildman–Crippen LogP) is 4.75. The Morgan fingerprint density at radius 2 is 1.21 bits per heavy atom. The normalized spacial score (nSPS) is 14.4. The molecule has 0 fully saturated rings. The van der Waals surface area contributed by atoms with Crippen molar-refractivity contribution in [3.63, 3.8) is 0 Å². The van der Waals surface area contributed by atoms with E-state index in [-0.39, 0.29) is 0 Å². The van der Waals surface area contributed by atoms with Gasteiger partial charge >= 0.3 is 0 Å². The van der Waals surface area contributed by atoms with Gasteiger partial charge in [-0.1, -0.05) is 60.2 Å². The maximum absolute atomic E-state index is 2.42. The summed E-state index contributed by atoms with van der Waals surface area (Å²) in [7, 11) is 2.20. The number of aryl methyl sites for hydroxylation is 1. The van der Waals surface area contributed by atoms with Gasteiger partial charge in [-0.05, 0) is 38.9 Å². The van der Waals surface area contributed by atoms with Crippen molar-refractivity contribution >= 4 is 0 Å². The minimum absolute atomic E-state index is 0.413. The Morgan fingerprint density at radius 1 is 0.737 bits per heavy atom. The van der Waals surface area contributed by atoms with E-state index in [4.69, 9.17) is 0 Å². The molecule has 2 atom stereocenters. The highest BCUT2D eigenvalue weighted by atomic mass is 15.1. The van der Waals surface area contributed by atoms with Crippen molar-refractivity contribution in [3.8, 4) is 0 Å². The molecular formula is C18H23N. The second-order valence-electron chi connectivity index (χ2n) is 5.34. The summed E-state index contributed by atoms with van der Waals surface area (Å²) in [5.41, 5.74) is 4.05. The lowest BCUT2D eigenvalue weighted by molar-refractivity contribution is 0.199. The smallest absolute Gasteiger partial charge is 0.0322 e. The predicted molar refractivity (Wildman–Crippen MR) is 82.2 cm³/mol. The maximum Gasteiger partial charge on any atom is 0.0322 e. The zero-order valence-corrected chi connectivity index (χ0v) is 12.3. The van der Waals surface area contributed by atoms with Gasteiger partial charge in [0, 0.05) is 12.1 Å². The third-order valence-corrected chi connectivity index (χ3v) is 4.06. The van der Waals surface area contributed by atoms with Gasteiger partial charge in [-0.3, -0.25) is 4.90 Å². The molecule has 0 aromatic heterocycles. The summed E-state index contributed by atoms with van der Waals surface area (Å²) in [6.45, 7) is 6.66. The molecule has 0 aliphatic rings. The van der Waals surface area contributed by atoms with E-state index in [2.05, 4.69) is 87.3 Å². The van der Waals surface area contributed by atoms with Crippen LogP contribution in [-0.4, -0.2) is 11.9 Å². The van der Waals surface area contributed by atoms with Crippen LogP contribution in [0.5, 0.6) is 0 Å². The van der Waals surface area contributed by atoms with Crippen LogP contribution in [-0.2, 0) is 0 Å². The van der Waals surface area contributed by atoms with E-state index in [1.165, 1.54) is 16.7 Å². The summed E-state index contributed by atoms with van der Waals surface area (Å²) < 4.78 is 0. The van der Waals surface area contributed by atoms with Gasteiger partial charge in [0.05, 0.1) is 0 Å². The fourth-order valence-corrected chi connectivity index (χ4v) is 2.38. The van der Waals surface area contributed by atoms with Crippen LogP contribution in [0.15, 0.2) is 54.6 Å². The largest absolute Gasteiger partial charge is 0.293 e. The van der Waals surface area contributed by atoms with Gasteiger partial charge in [-0.25, -0.2) is 0 Å². The highest BCUT2D eigenvalue weighted by molar-refractivity contribution is 5.25.